The highest BCUT2D eigenvalue weighted by molar-refractivity contribution is 7.26. The van der Waals surface area contributed by atoms with E-state index in [4.69, 9.17) is 14.4 Å². The summed E-state index contributed by atoms with van der Waals surface area (Å²) in [6.45, 7) is 0. The maximum Gasteiger partial charge on any atom is 0.160 e. The number of rotatable bonds is 7. The second kappa shape index (κ2) is 15.7. The molecule has 0 saturated carbocycles. The number of furan rings is 1. The van der Waals surface area contributed by atoms with Gasteiger partial charge < -0.3 is 4.42 Å². The largest absolute Gasteiger partial charge is 0.456 e. The second-order valence-electron chi connectivity index (χ2n) is 16.9. The summed E-state index contributed by atoms with van der Waals surface area (Å²) in [7, 11) is 0. The highest BCUT2D eigenvalue weighted by Gasteiger charge is 2.21. The molecule has 0 N–H and O–H groups in total. The summed E-state index contributed by atoms with van der Waals surface area (Å²) in [5.41, 5.74) is 17.2. The van der Waals surface area contributed by atoms with Gasteiger partial charge in [-0.2, -0.15) is 0 Å². The van der Waals surface area contributed by atoms with E-state index >= 15 is 0 Å². The summed E-state index contributed by atoms with van der Waals surface area (Å²) in [4.78, 5) is 10.6. The van der Waals surface area contributed by atoms with Crippen LogP contribution in [0.3, 0.4) is 0 Å². The molecule has 3 heterocycles. The molecule has 0 aliphatic rings. The van der Waals surface area contributed by atoms with Crippen LogP contribution in [0.5, 0.6) is 0 Å². The molecule has 0 aliphatic heterocycles. The SMILES string of the molecule is c1ccc(-c2cc(-c3cccc(-c4cccc(-c5nc(-c6ccccc6)c6sc7ccccc7c6n5)c4)c3)c(-c3ccccc3)c(-c3ccc4oc5ccc6ccccc6c5c4c3)c2)cc1. The lowest BCUT2D eigenvalue weighted by Gasteiger charge is -2.20. The molecular formula is C62H38N2OS. The van der Waals surface area contributed by atoms with Crippen LogP contribution >= 0.6 is 11.3 Å². The van der Waals surface area contributed by atoms with E-state index in [2.05, 4.69) is 231 Å². The third kappa shape index (κ3) is 6.50. The Morgan fingerprint density at radius 3 is 1.68 bits per heavy atom. The van der Waals surface area contributed by atoms with Gasteiger partial charge in [0.2, 0.25) is 0 Å². The molecule has 3 aromatic heterocycles. The lowest BCUT2D eigenvalue weighted by atomic mass is 9.84. The highest BCUT2D eigenvalue weighted by Crippen LogP contribution is 2.46. The first-order chi connectivity index (χ1) is 32.7. The van der Waals surface area contributed by atoms with Crippen LogP contribution in [0.1, 0.15) is 0 Å². The van der Waals surface area contributed by atoms with E-state index in [-0.39, 0.29) is 0 Å². The molecule has 0 bridgehead atoms. The van der Waals surface area contributed by atoms with Gasteiger partial charge in [0.05, 0.1) is 15.9 Å². The predicted octanol–water partition coefficient (Wildman–Crippen LogP) is 17.6. The van der Waals surface area contributed by atoms with Crippen molar-refractivity contribution in [2.75, 3.05) is 0 Å². The Morgan fingerprint density at radius 2 is 0.924 bits per heavy atom. The Kier molecular flexibility index (Phi) is 9.03. The molecule has 13 rings (SSSR count). The zero-order valence-corrected chi connectivity index (χ0v) is 36.5. The van der Waals surface area contributed by atoms with Gasteiger partial charge in [0, 0.05) is 32.0 Å². The third-order valence-corrected chi connectivity index (χ3v) is 14.0. The Hall–Kier alpha value is -8.44. The average molecular weight is 859 g/mol. The topological polar surface area (TPSA) is 38.9 Å². The van der Waals surface area contributed by atoms with Gasteiger partial charge in [-0.15, -0.1) is 11.3 Å². The molecule has 0 unspecified atom stereocenters. The van der Waals surface area contributed by atoms with E-state index < -0.39 is 0 Å². The number of nitrogens with zero attached hydrogens (tertiary/aromatic N) is 2. The Morgan fingerprint density at radius 1 is 0.348 bits per heavy atom. The number of hydrogen-bond donors (Lipinski definition) is 0. The van der Waals surface area contributed by atoms with Crippen molar-refractivity contribution >= 4 is 64.4 Å². The number of hydrogen-bond acceptors (Lipinski definition) is 4. The zero-order valence-electron chi connectivity index (χ0n) is 35.7. The van der Waals surface area contributed by atoms with E-state index in [1.807, 2.05) is 0 Å². The smallest absolute Gasteiger partial charge is 0.160 e. The zero-order chi connectivity index (χ0) is 43.6. The van der Waals surface area contributed by atoms with Crippen LogP contribution < -0.4 is 0 Å². The fraction of sp³-hybridized carbons (Fsp3) is 0. The van der Waals surface area contributed by atoms with Crippen molar-refractivity contribution in [2.24, 2.45) is 0 Å². The molecule has 308 valence electrons. The number of fused-ring (bicyclic) bond motifs is 8. The minimum atomic E-state index is 0.713. The quantitative estimate of drug-likeness (QED) is 0.160. The Balaban J connectivity index is 0.998. The molecule has 13 aromatic rings. The van der Waals surface area contributed by atoms with Crippen LogP contribution in [0.4, 0.5) is 0 Å². The summed E-state index contributed by atoms with van der Waals surface area (Å²) >= 11 is 1.76. The van der Waals surface area contributed by atoms with Gasteiger partial charge in [0.15, 0.2) is 5.82 Å². The van der Waals surface area contributed by atoms with Crippen molar-refractivity contribution in [3.05, 3.63) is 231 Å². The normalized spacial score (nSPS) is 11.6. The van der Waals surface area contributed by atoms with Gasteiger partial charge in [0.25, 0.3) is 0 Å². The fourth-order valence-electron chi connectivity index (χ4n) is 9.74. The monoisotopic (exact) mass is 858 g/mol. The van der Waals surface area contributed by atoms with Crippen molar-refractivity contribution in [2.45, 2.75) is 0 Å². The molecular weight excluding hydrogens is 821 g/mol. The van der Waals surface area contributed by atoms with Crippen molar-refractivity contribution in [3.8, 4) is 78.3 Å². The number of aromatic nitrogens is 2. The van der Waals surface area contributed by atoms with Crippen LogP contribution in [-0.4, -0.2) is 9.97 Å². The molecule has 0 atom stereocenters. The summed E-state index contributed by atoms with van der Waals surface area (Å²) < 4.78 is 8.81. The van der Waals surface area contributed by atoms with E-state index in [1.54, 1.807) is 11.3 Å². The Labute approximate surface area is 385 Å². The third-order valence-electron chi connectivity index (χ3n) is 12.9. The minimum absolute atomic E-state index is 0.713. The van der Waals surface area contributed by atoms with Crippen LogP contribution in [0.25, 0.3) is 131 Å². The molecule has 0 saturated heterocycles. The lowest BCUT2D eigenvalue weighted by molar-refractivity contribution is 0.669. The highest BCUT2D eigenvalue weighted by atomic mass is 32.1. The molecule has 10 aromatic carbocycles. The van der Waals surface area contributed by atoms with E-state index in [0.29, 0.717) is 5.82 Å². The second-order valence-corrected chi connectivity index (χ2v) is 17.9. The average Bonchev–Trinajstić information content (AvgIpc) is 3.97. The van der Waals surface area contributed by atoms with Gasteiger partial charge in [0.1, 0.15) is 11.2 Å². The summed E-state index contributed by atoms with van der Waals surface area (Å²) in [6, 6.07) is 82.5. The van der Waals surface area contributed by atoms with Gasteiger partial charge >= 0.3 is 0 Å². The van der Waals surface area contributed by atoms with Crippen molar-refractivity contribution < 1.29 is 4.42 Å². The molecule has 0 aliphatic carbocycles. The first kappa shape index (κ1) is 38.1. The maximum atomic E-state index is 6.49. The van der Waals surface area contributed by atoms with E-state index in [0.717, 1.165) is 104 Å². The molecule has 0 radical (unpaired) electrons. The van der Waals surface area contributed by atoms with Gasteiger partial charge in [-0.05, 0) is 115 Å². The molecule has 0 fully saturated rings. The molecule has 0 amide bonds. The van der Waals surface area contributed by atoms with Crippen LogP contribution in [0.2, 0.25) is 0 Å². The fourth-order valence-corrected chi connectivity index (χ4v) is 10.9. The minimum Gasteiger partial charge on any atom is -0.456 e. The predicted molar refractivity (Wildman–Crippen MR) is 278 cm³/mol. The summed E-state index contributed by atoms with van der Waals surface area (Å²) in [5.74, 6) is 0.713. The first-order valence-electron chi connectivity index (χ1n) is 22.3. The number of benzene rings is 10. The van der Waals surface area contributed by atoms with Crippen molar-refractivity contribution in [1.29, 1.82) is 0 Å². The van der Waals surface area contributed by atoms with Crippen molar-refractivity contribution in [1.82, 2.24) is 9.97 Å². The molecule has 66 heavy (non-hydrogen) atoms. The molecule has 0 spiro atoms. The molecule has 4 heteroatoms. The lowest BCUT2D eigenvalue weighted by Crippen LogP contribution is -1.94. The summed E-state index contributed by atoms with van der Waals surface area (Å²) in [6.07, 6.45) is 0. The van der Waals surface area contributed by atoms with E-state index in [9.17, 15) is 0 Å². The van der Waals surface area contributed by atoms with Crippen LogP contribution in [0, 0.1) is 0 Å². The van der Waals surface area contributed by atoms with Gasteiger partial charge in [-0.25, -0.2) is 9.97 Å². The van der Waals surface area contributed by atoms with Gasteiger partial charge in [-0.1, -0.05) is 182 Å². The number of thiophene rings is 1. The molecule has 3 nitrogen and oxygen atoms in total. The van der Waals surface area contributed by atoms with Crippen LogP contribution in [0.15, 0.2) is 235 Å². The first-order valence-corrected chi connectivity index (χ1v) is 23.1. The Bertz CT molecular complexity index is 3980. The standard InChI is InChI=1S/C62H38N2OS/c1-4-16-39(17-5-1)48-37-51(57(41-19-6-2-7-20-41)52(38-48)46-31-32-54-53(36-46)58-49-27-11-10-18-40(49)30-33-55(58)65-54)45-25-14-23-43(34-45)44-24-15-26-47(35-44)62-63-59(42-21-8-3-9-22-42)61-60(64-62)50-28-12-13-29-56(50)66-61/h1-38H. The van der Waals surface area contributed by atoms with E-state index in [1.165, 1.54) is 21.0 Å². The van der Waals surface area contributed by atoms with Gasteiger partial charge in [-0.3, -0.25) is 0 Å². The maximum absolute atomic E-state index is 6.49. The summed E-state index contributed by atoms with van der Waals surface area (Å²) in [5, 5.41) is 5.80. The van der Waals surface area contributed by atoms with Crippen molar-refractivity contribution in [3.63, 3.8) is 0 Å². The van der Waals surface area contributed by atoms with Crippen LogP contribution in [-0.2, 0) is 0 Å².